The standard InChI is InChI=1S/C18H22N2O3/c1-17(2,3)23-16(22)20-18(12-6-5-7-15(18)21)13-8-10-14(19-4)11-9-13/h8-11H,5-7,12H2,1-3H3,(H,20,22). The molecule has 1 aliphatic rings. The Morgan fingerprint density at radius 2 is 1.91 bits per heavy atom. The quantitative estimate of drug-likeness (QED) is 0.836. The van der Waals surface area contributed by atoms with Crippen LogP contribution in [-0.4, -0.2) is 17.5 Å². The molecule has 1 aromatic carbocycles. The van der Waals surface area contributed by atoms with Crippen molar-refractivity contribution < 1.29 is 14.3 Å². The van der Waals surface area contributed by atoms with Crippen molar-refractivity contribution in [3.63, 3.8) is 0 Å². The van der Waals surface area contributed by atoms with Gasteiger partial charge in [0.25, 0.3) is 0 Å². The molecule has 0 aliphatic heterocycles. The lowest BCUT2D eigenvalue weighted by molar-refractivity contribution is -0.128. The second kappa shape index (κ2) is 6.41. The van der Waals surface area contributed by atoms with Crippen LogP contribution >= 0.6 is 0 Å². The lowest BCUT2D eigenvalue weighted by Crippen LogP contribution is -2.54. The summed E-state index contributed by atoms with van der Waals surface area (Å²) in [6.07, 6.45) is 2.06. The molecule has 0 radical (unpaired) electrons. The van der Waals surface area contributed by atoms with Crippen LogP contribution in [0.1, 0.15) is 52.0 Å². The van der Waals surface area contributed by atoms with Gasteiger partial charge >= 0.3 is 6.09 Å². The van der Waals surface area contributed by atoms with Crippen molar-refractivity contribution in [1.82, 2.24) is 5.32 Å². The van der Waals surface area contributed by atoms with E-state index in [1.165, 1.54) is 0 Å². The summed E-state index contributed by atoms with van der Waals surface area (Å²) in [6.45, 7) is 12.4. The number of ketones is 1. The van der Waals surface area contributed by atoms with Crippen LogP contribution < -0.4 is 5.32 Å². The van der Waals surface area contributed by atoms with Crippen LogP contribution in [0.5, 0.6) is 0 Å². The van der Waals surface area contributed by atoms with Crippen molar-refractivity contribution in [3.05, 3.63) is 41.2 Å². The van der Waals surface area contributed by atoms with Crippen LogP contribution in [0.4, 0.5) is 10.5 Å². The smallest absolute Gasteiger partial charge is 0.408 e. The van der Waals surface area contributed by atoms with Gasteiger partial charge < -0.3 is 10.1 Å². The van der Waals surface area contributed by atoms with Crippen LogP contribution in [-0.2, 0) is 15.1 Å². The van der Waals surface area contributed by atoms with Crippen molar-refractivity contribution >= 4 is 17.6 Å². The molecule has 122 valence electrons. The normalized spacial score (nSPS) is 21.4. The first-order valence-corrected chi connectivity index (χ1v) is 7.79. The number of amides is 1. The van der Waals surface area contributed by atoms with Crippen LogP contribution in [0.15, 0.2) is 24.3 Å². The molecule has 1 unspecified atom stereocenters. The molecule has 23 heavy (non-hydrogen) atoms. The number of alkyl carbamates (subject to hydrolysis) is 1. The van der Waals surface area contributed by atoms with Crippen molar-refractivity contribution in [2.24, 2.45) is 0 Å². The number of hydrogen-bond acceptors (Lipinski definition) is 3. The second-order valence-corrected chi connectivity index (χ2v) is 6.82. The average molecular weight is 314 g/mol. The van der Waals surface area contributed by atoms with E-state index in [4.69, 9.17) is 11.3 Å². The molecule has 1 aromatic rings. The number of nitrogens with one attached hydrogen (secondary N) is 1. The zero-order chi connectivity index (χ0) is 17.1. The van der Waals surface area contributed by atoms with E-state index >= 15 is 0 Å². The highest BCUT2D eigenvalue weighted by molar-refractivity contribution is 5.93. The lowest BCUT2D eigenvalue weighted by Gasteiger charge is -2.37. The second-order valence-electron chi connectivity index (χ2n) is 6.82. The van der Waals surface area contributed by atoms with E-state index in [0.29, 0.717) is 24.1 Å². The predicted molar refractivity (Wildman–Crippen MR) is 87.2 cm³/mol. The summed E-state index contributed by atoms with van der Waals surface area (Å²) < 4.78 is 5.33. The largest absolute Gasteiger partial charge is 0.444 e. The topological polar surface area (TPSA) is 59.8 Å². The number of Topliss-reactive ketones (excluding diaryl/α,β-unsaturated/α-hetero) is 1. The molecule has 1 N–H and O–H groups in total. The molecule has 1 saturated carbocycles. The highest BCUT2D eigenvalue weighted by Gasteiger charge is 2.43. The Kier molecular flexibility index (Phi) is 4.74. The highest BCUT2D eigenvalue weighted by Crippen LogP contribution is 2.35. The molecule has 0 spiro atoms. The van der Waals surface area contributed by atoms with E-state index in [1.54, 1.807) is 45.0 Å². The number of carbonyl (C=O) groups excluding carboxylic acids is 2. The van der Waals surface area contributed by atoms with Crippen molar-refractivity contribution in [3.8, 4) is 0 Å². The van der Waals surface area contributed by atoms with E-state index in [-0.39, 0.29) is 5.78 Å². The summed E-state index contributed by atoms with van der Waals surface area (Å²) in [5.74, 6) is -0.00910. The Bertz CT molecular complexity index is 638. The summed E-state index contributed by atoms with van der Waals surface area (Å²) >= 11 is 0. The van der Waals surface area contributed by atoms with Gasteiger partial charge in [0.15, 0.2) is 11.5 Å². The molecule has 2 rings (SSSR count). The van der Waals surface area contributed by atoms with Gasteiger partial charge in [-0.05, 0) is 45.6 Å². The predicted octanol–water partition coefficient (Wildman–Crippen LogP) is 4.10. The fourth-order valence-corrected chi connectivity index (χ4v) is 2.84. The van der Waals surface area contributed by atoms with E-state index in [1.807, 2.05) is 0 Å². The van der Waals surface area contributed by atoms with Crippen LogP contribution in [0.2, 0.25) is 0 Å². The highest BCUT2D eigenvalue weighted by atomic mass is 16.6. The van der Waals surface area contributed by atoms with Crippen LogP contribution in [0.3, 0.4) is 0 Å². The van der Waals surface area contributed by atoms with Crippen LogP contribution in [0.25, 0.3) is 4.85 Å². The number of benzene rings is 1. The first-order valence-electron chi connectivity index (χ1n) is 7.79. The fourth-order valence-electron chi connectivity index (χ4n) is 2.84. The summed E-state index contributed by atoms with van der Waals surface area (Å²) in [6, 6.07) is 6.83. The molecule has 1 fully saturated rings. The lowest BCUT2D eigenvalue weighted by atomic mass is 9.75. The molecule has 0 aromatic heterocycles. The molecule has 5 heteroatoms. The third-order valence-corrected chi connectivity index (χ3v) is 3.89. The minimum Gasteiger partial charge on any atom is -0.444 e. The monoisotopic (exact) mass is 314 g/mol. The molecule has 0 bridgehead atoms. The van der Waals surface area contributed by atoms with Crippen molar-refractivity contribution in [2.75, 3.05) is 0 Å². The number of carbonyl (C=O) groups is 2. The maximum atomic E-state index is 12.6. The summed E-state index contributed by atoms with van der Waals surface area (Å²) in [4.78, 5) is 28.2. The zero-order valence-corrected chi connectivity index (χ0v) is 13.8. The third-order valence-electron chi connectivity index (χ3n) is 3.89. The van der Waals surface area contributed by atoms with Gasteiger partial charge in [-0.1, -0.05) is 24.3 Å². The Balaban J connectivity index is 2.34. The maximum Gasteiger partial charge on any atom is 0.408 e. The summed E-state index contributed by atoms with van der Waals surface area (Å²) in [5.41, 5.74) is -0.470. The van der Waals surface area contributed by atoms with Crippen LogP contribution in [0, 0.1) is 6.57 Å². The molecule has 1 amide bonds. The molecule has 5 nitrogen and oxygen atoms in total. The number of nitrogens with zero attached hydrogens (tertiary/aromatic N) is 1. The van der Waals surface area contributed by atoms with Gasteiger partial charge in [0, 0.05) is 6.42 Å². The molecule has 1 aliphatic carbocycles. The molecule has 0 heterocycles. The van der Waals surface area contributed by atoms with E-state index in [9.17, 15) is 9.59 Å². The summed E-state index contributed by atoms with van der Waals surface area (Å²) in [5, 5.41) is 2.80. The van der Waals surface area contributed by atoms with Gasteiger partial charge in [0.1, 0.15) is 11.1 Å². The first-order chi connectivity index (χ1) is 10.8. The SMILES string of the molecule is [C-]#[N+]c1ccc(C2(NC(=O)OC(C)(C)C)CCCCC2=O)cc1. The maximum absolute atomic E-state index is 12.6. The van der Waals surface area contributed by atoms with Gasteiger partial charge in [-0.3, -0.25) is 4.79 Å². The molecular weight excluding hydrogens is 292 g/mol. The Hall–Kier alpha value is -2.35. The molecular formula is C18H22N2O3. The van der Waals surface area contributed by atoms with Gasteiger partial charge in [0.2, 0.25) is 0 Å². The minimum absolute atomic E-state index is 0.00910. The van der Waals surface area contributed by atoms with Crippen molar-refractivity contribution in [2.45, 2.75) is 57.6 Å². The Labute approximate surface area is 136 Å². The number of rotatable bonds is 2. The number of ether oxygens (including phenoxy) is 1. The Morgan fingerprint density at radius 3 is 2.43 bits per heavy atom. The first kappa shape index (κ1) is 17.0. The van der Waals surface area contributed by atoms with Gasteiger partial charge in [0.05, 0.1) is 6.57 Å². The minimum atomic E-state index is -1.05. The van der Waals surface area contributed by atoms with E-state index in [0.717, 1.165) is 12.8 Å². The van der Waals surface area contributed by atoms with E-state index < -0.39 is 17.2 Å². The van der Waals surface area contributed by atoms with Gasteiger partial charge in [-0.25, -0.2) is 9.64 Å². The average Bonchev–Trinajstić information content (AvgIpc) is 2.48. The third kappa shape index (κ3) is 3.89. The van der Waals surface area contributed by atoms with Gasteiger partial charge in [-0.15, -0.1) is 0 Å². The fraction of sp³-hybridized carbons (Fsp3) is 0.500. The van der Waals surface area contributed by atoms with E-state index in [2.05, 4.69) is 10.2 Å². The Morgan fingerprint density at radius 1 is 1.26 bits per heavy atom. The van der Waals surface area contributed by atoms with Gasteiger partial charge in [-0.2, -0.15) is 0 Å². The molecule has 1 atom stereocenters. The molecule has 0 saturated heterocycles. The number of hydrogen-bond donors (Lipinski definition) is 1. The summed E-state index contributed by atoms with van der Waals surface area (Å²) in [7, 11) is 0. The zero-order valence-electron chi connectivity index (χ0n) is 13.8. The van der Waals surface area contributed by atoms with Crippen molar-refractivity contribution in [1.29, 1.82) is 0 Å².